The van der Waals surface area contributed by atoms with Crippen LogP contribution in [0.4, 0.5) is 4.79 Å². The number of benzene rings is 3. The second-order valence-electron chi connectivity index (χ2n) is 8.86. The van der Waals surface area contributed by atoms with Crippen LogP contribution < -0.4 is 14.2 Å². The van der Waals surface area contributed by atoms with Gasteiger partial charge in [-0.15, -0.1) is 0 Å². The average molecular weight is 518 g/mol. The molecule has 0 aliphatic carbocycles. The van der Waals surface area contributed by atoms with Crippen LogP contribution in [-0.2, 0) is 11.4 Å². The molecular weight excluding hydrogens is 486 g/mol. The standard InChI is InChI=1S/C30H31NO5S/c1-5-34-27-17-24(12-13-25(27)36-19-23-10-7-20(2)8-11-23)18-28-29(32)31(30(33)37-28)14-15-35-26-16-21(3)6-9-22(26)4/h6-13,16-18H,5,14-15,19H2,1-4H3/b28-18-. The van der Waals surface area contributed by atoms with Crippen molar-refractivity contribution in [2.45, 2.75) is 34.3 Å². The normalized spacial score (nSPS) is 14.4. The molecule has 192 valence electrons. The van der Waals surface area contributed by atoms with Crippen molar-refractivity contribution in [1.29, 1.82) is 0 Å². The first-order valence-corrected chi connectivity index (χ1v) is 13.1. The molecule has 6 nitrogen and oxygen atoms in total. The SMILES string of the molecule is CCOc1cc(/C=C2\SC(=O)N(CCOc3cc(C)ccc3C)C2=O)ccc1OCc1ccc(C)cc1. The quantitative estimate of drug-likeness (QED) is 0.279. The zero-order valence-corrected chi connectivity index (χ0v) is 22.4. The lowest BCUT2D eigenvalue weighted by Crippen LogP contribution is -2.32. The third-order valence-electron chi connectivity index (χ3n) is 5.87. The molecule has 7 heteroatoms. The summed E-state index contributed by atoms with van der Waals surface area (Å²) in [5.74, 6) is 1.65. The second kappa shape index (κ2) is 12.0. The van der Waals surface area contributed by atoms with Gasteiger partial charge in [-0.3, -0.25) is 14.5 Å². The molecule has 3 aromatic carbocycles. The number of thioether (sulfide) groups is 1. The molecule has 3 aromatic rings. The predicted octanol–water partition coefficient (Wildman–Crippen LogP) is 6.70. The maximum absolute atomic E-state index is 12.9. The molecule has 0 bridgehead atoms. The summed E-state index contributed by atoms with van der Waals surface area (Å²) in [5.41, 5.74) is 5.11. The van der Waals surface area contributed by atoms with Crippen LogP contribution in [0.1, 0.15) is 34.7 Å². The fourth-order valence-corrected chi connectivity index (χ4v) is 4.67. The van der Waals surface area contributed by atoms with Gasteiger partial charge in [-0.1, -0.05) is 48.0 Å². The molecule has 0 radical (unpaired) electrons. The number of ether oxygens (including phenoxy) is 3. The summed E-state index contributed by atoms with van der Waals surface area (Å²) in [6, 6.07) is 19.6. The van der Waals surface area contributed by atoms with Crippen molar-refractivity contribution < 1.29 is 23.8 Å². The van der Waals surface area contributed by atoms with Gasteiger partial charge in [0.2, 0.25) is 0 Å². The minimum atomic E-state index is -0.322. The Bertz CT molecular complexity index is 1320. The van der Waals surface area contributed by atoms with E-state index >= 15 is 0 Å². The summed E-state index contributed by atoms with van der Waals surface area (Å²) in [5, 5.41) is -0.302. The first-order valence-electron chi connectivity index (χ1n) is 12.2. The van der Waals surface area contributed by atoms with Crippen molar-refractivity contribution >= 4 is 29.0 Å². The van der Waals surface area contributed by atoms with E-state index in [0.29, 0.717) is 29.6 Å². The number of aryl methyl sites for hydroxylation is 3. The summed E-state index contributed by atoms with van der Waals surface area (Å²) in [7, 11) is 0. The van der Waals surface area contributed by atoms with Crippen LogP contribution in [0.3, 0.4) is 0 Å². The maximum atomic E-state index is 12.9. The zero-order valence-electron chi connectivity index (χ0n) is 21.6. The number of hydrogen-bond donors (Lipinski definition) is 0. The van der Waals surface area contributed by atoms with Crippen molar-refractivity contribution in [3.63, 3.8) is 0 Å². The van der Waals surface area contributed by atoms with E-state index in [1.54, 1.807) is 6.08 Å². The molecule has 2 amide bonds. The Morgan fingerprint density at radius 3 is 2.32 bits per heavy atom. The second-order valence-corrected chi connectivity index (χ2v) is 9.86. The number of hydrogen-bond acceptors (Lipinski definition) is 6. The lowest BCUT2D eigenvalue weighted by molar-refractivity contribution is -0.123. The van der Waals surface area contributed by atoms with E-state index in [-0.39, 0.29) is 24.3 Å². The first-order chi connectivity index (χ1) is 17.8. The monoisotopic (exact) mass is 517 g/mol. The molecule has 4 rings (SSSR count). The minimum Gasteiger partial charge on any atom is -0.491 e. The van der Waals surface area contributed by atoms with E-state index in [4.69, 9.17) is 14.2 Å². The number of rotatable bonds is 10. The molecule has 1 heterocycles. The van der Waals surface area contributed by atoms with Crippen LogP contribution in [-0.4, -0.2) is 35.8 Å². The lowest BCUT2D eigenvalue weighted by Gasteiger charge is -2.15. The third kappa shape index (κ3) is 6.74. The van der Waals surface area contributed by atoms with Crippen molar-refractivity contribution in [3.05, 3.63) is 93.4 Å². The summed E-state index contributed by atoms with van der Waals surface area (Å²) < 4.78 is 17.6. The molecule has 1 aliphatic rings. The number of carbonyl (C=O) groups is 2. The van der Waals surface area contributed by atoms with Crippen molar-refractivity contribution in [2.24, 2.45) is 0 Å². The van der Waals surface area contributed by atoms with Crippen LogP contribution in [0.25, 0.3) is 6.08 Å². The first kappa shape index (κ1) is 26.4. The van der Waals surface area contributed by atoms with Crippen LogP contribution in [0.5, 0.6) is 17.2 Å². The molecule has 0 unspecified atom stereocenters. The fraction of sp³-hybridized carbons (Fsp3) is 0.267. The van der Waals surface area contributed by atoms with Crippen LogP contribution in [0, 0.1) is 20.8 Å². The van der Waals surface area contributed by atoms with Crippen molar-refractivity contribution in [2.75, 3.05) is 19.8 Å². The molecular formula is C30H31NO5S. The number of nitrogens with zero attached hydrogens (tertiary/aromatic N) is 1. The van der Waals surface area contributed by atoms with Gasteiger partial charge in [-0.2, -0.15) is 0 Å². The summed E-state index contributed by atoms with van der Waals surface area (Å²) in [6.45, 7) is 9.22. The Labute approximate surface area is 222 Å². The number of imide groups is 1. The van der Waals surface area contributed by atoms with E-state index < -0.39 is 0 Å². The molecule has 1 saturated heterocycles. The fourth-order valence-electron chi connectivity index (χ4n) is 3.80. The van der Waals surface area contributed by atoms with Gasteiger partial charge in [0.05, 0.1) is 18.1 Å². The highest BCUT2D eigenvalue weighted by atomic mass is 32.2. The summed E-state index contributed by atoms with van der Waals surface area (Å²) in [6.07, 6.45) is 1.71. The number of carbonyl (C=O) groups excluding carboxylic acids is 2. The van der Waals surface area contributed by atoms with Crippen LogP contribution in [0.15, 0.2) is 65.6 Å². The maximum Gasteiger partial charge on any atom is 0.293 e. The summed E-state index contributed by atoms with van der Waals surface area (Å²) in [4.78, 5) is 27.1. The van der Waals surface area contributed by atoms with Gasteiger partial charge in [0.15, 0.2) is 11.5 Å². The highest BCUT2D eigenvalue weighted by molar-refractivity contribution is 8.18. The Balaban J connectivity index is 1.42. The highest BCUT2D eigenvalue weighted by Gasteiger charge is 2.34. The van der Waals surface area contributed by atoms with E-state index in [0.717, 1.165) is 39.8 Å². The average Bonchev–Trinajstić information content (AvgIpc) is 3.14. The molecule has 0 atom stereocenters. The Morgan fingerprint density at radius 1 is 0.811 bits per heavy atom. The smallest absolute Gasteiger partial charge is 0.293 e. The van der Waals surface area contributed by atoms with Crippen molar-refractivity contribution in [3.8, 4) is 17.2 Å². The molecule has 0 saturated carbocycles. The minimum absolute atomic E-state index is 0.186. The van der Waals surface area contributed by atoms with Crippen molar-refractivity contribution in [1.82, 2.24) is 4.90 Å². The van der Waals surface area contributed by atoms with Gasteiger partial charge < -0.3 is 14.2 Å². The molecule has 0 aromatic heterocycles. The molecule has 0 N–H and O–H groups in total. The Hall–Kier alpha value is -3.71. The van der Waals surface area contributed by atoms with E-state index in [9.17, 15) is 9.59 Å². The molecule has 1 aliphatic heterocycles. The Morgan fingerprint density at radius 2 is 1.57 bits per heavy atom. The third-order valence-corrected chi connectivity index (χ3v) is 6.78. The zero-order chi connectivity index (χ0) is 26.4. The van der Waals surface area contributed by atoms with Gasteiger partial charge in [0, 0.05) is 0 Å². The topological polar surface area (TPSA) is 65.1 Å². The molecule has 37 heavy (non-hydrogen) atoms. The predicted molar refractivity (Wildman–Crippen MR) is 147 cm³/mol. The van der Waals surface area contributed by atoms with E-state index in [1.165, 1.54) is 10.5 Å². The van der Waals surface area contributed by atoms with E-state index in [2.05, 4.69) is 0 Å². The molecule has 1 fully saturated rings. The molecule has 0 spiro atoms. The number of amides is 2. The van der Waals surface area contributed by atoms with Gasteiger partial charge >= 0.3 is 0 Å². The summed E-state index contributed by atoms with van der Waals surface area (Å²) >= 11 is 0.931. The Kier molecular flexibility index (Phi) is 8.56. The largest absolute Gasteiger partial charge is 0.491 e. The van der Waals surface area contributed by atoms with Gasteiger partial charge in [-0.25, -0.2) is 0 Å². The van der Waals surface area contributed by atoms with E-state index in [1.807, 2.05) is 88.4 Å². The van der Waals surface area contributed by atoms with Gasteiger partial charge in [0.1, 0.15) is 19.0 Å². The lowest BCUT2D eigenvalue weighted by atomic mass is 10.1. The highest BCUT2D eigenvalue weighted by Crippen LogP contribution is 2.35. The van der Waals surface area contributed by atoms with Gasteiger partial charge in [-0.05, 0) is 86.0 Å². The van der Waals surface area contributed by atoms with Gasteiger partial charge in [0.25, 0.3) is 11.1 Å². The van der Waals surface area contributed by atoms with Crippen LogP contribution in [0.2, 0.25) is 0 Å². The van der Waals surface area contributed by atoms with Crippen LogP contribution >= 0.6 is 11.8 Å².